The van der Waals surface area contributed by atoms with Gasteiger partial charge in [0.1, 0.15) is 0 Å². The number of amides is 3. The third kappa shape index (κ3) is 7.23. The minimum absolute atomic E-state index is 0.0237. The fourth-order valence-corrected chi connectivity index (χ4v) is 3.71. The van der Waals surface area contributed by atoms with Gasteiger partial charge in [0.05, 0.1) is 12.6 Å². The zero-order valence-electron chi connectivity index (χ0n) is 16.7. The molecule has 0 radical (unpaired) electrons. The van der Waals surface area contributed by atoms with Gasteiger partial charge in [-0.2, -0.15) is 0 Å². The first-order valence-corrected chi connectivity index (χ1v) is 10.9. The largest absolute Gasteiger partial charge is 0.376 e. The number of rotatable bonds is 10. The smallest absolute Gasteiger partial charge is 0.239 e. The monoisotopic (exact) mass is 430 g/mol. The first-order chi connectivity index (χ1) is 14.6. The lowest BCUT2D eigenvalue weighted by Crippen LogP contribution is -2.44. The molecule has 2 N–H and O–H groups in total. The van der Waals surface area contributed by atoms with Gasteiger partial charge in [-0.25, -0.2) is 4.98 Å². The van der Waals surface area contributed by atoms with Gasteiger partial charge in [-0.15, -0.1) is 11.3 Å². The summed E-state index contributed by atoms with van der Waals surface area (Å²) in [7, 11) is 0. The van der Waals surface area contributed by atoms with Crippen molar-refractivity contribution in [2.75, 3.05) is 25.0 Å². The summed E-state index contributed by atoms with van der Waals surface area (Å²) in [6.45, 7) is 1.37. The number of hydrogen-bond donors (Lipinski definition) is 2. The van der Waals surface area contributed by atoms with Crippen LogP contribution in [0.1, 0.15) is 31.2 Å². The number of hydrogen-bond acceptors (Lipinski definition) is 6. The molecule has 2 aromatic rings. The van der Waals surface area contributed by atoms with Crippen LogP contribution in [-0.4, -0.2) is 53.4 Å². The van der Waals surface area contributed by atoms with Gasteiger partial charge in [-0.3, -0.25) is 14.4 Å². The molecule has 30 heavy (non-hydrogen) atoms. The number of anilines is 1. The predicted octanol–water partition coefficient (Wildman–Crippen LogP) is 2.19. The fourth-order valence-electron chi connectivity index (χ4n) is 3.16. The van der Waals surface area contributed by atoms with Gasteiger partial charge in [0.25, 0.3) is 0 Å². The van der Waals surface area contributed by atoms with Crippen LogP contribution >= 0.6 is 11.3 Å². The third-order valence-corrected chi connectivity index (χ3v) is 5.40. The van der Waals surface area contributed by atoms with Crippen LogP contribution in [-0.2, 0) is 25.7 Å². The highest BCUT2D eigenvalue weighted by molar-refractivity contribution is 7.13. The molecule has 1 saturated heterocycles. The van der Waals surface area contributed by atoms with Gasteiger partial charge in [0, 0.05) is 44.1 Å². The zero-order valence-corrected chi connectivity index (χ0v) is 17.5. The Morgan fingerprint density at radius 1 is 1.17 bits per heavy atom. The van der Waals surface area contributed by atoms with E-state index >= 15 is 0 Å². The Hall–Kier alpha value is -2.78. The van der Waals surface area contributed by atoms with Gasteiger partial charge in [-0.05, 0) is 18.4 Å². The highest BCUT2D eigenvalue weighted by atomic mass is 32.1. The molecule has 1 aromatic heterocycles. The lowest BCUT2D eigenvalue weighted by atomic mass is 10.2. The summed E-state index contributed by atoms with van der Waals surface area (Å²) in [5.41, 5.74) is 0.988. The van der Waals surface area contributed by atoms with E-state index in [4.69, 9.17) is 4.74 Å². The Labute approximate surface area is 179 Å². The predicted molar refractivity (Wildman–Crippen MR) is 114 cm³/mol. The van der Waals surface area contributed by atoms with Crippen LogP contribution in [0.25, 0.3) is 0 Å². The number of carbonyl (C=O) groups excluding carboxylic acids is 3. The quantitative estimate of drug-likeness (QED) is 0.602. The van der Waals surface area contributed by atoms with Gasteiger partial charge >= 0.3 is 0 Å². The average molecular weight is 431 g/mol. The van der Waals surface area contributed by atoms with Crippen molar-refractivity contribution in [3.05, 3.63) is 47.5 Å². The number of aromatic nitrogens is 1. The van der Waals surface area contributed by atoms with Crippen molar-refractivity contribution >= 4 is 34.2 Å². The Bertz CT molecular complexity index is 823. The van der Waals surface area contributed by atoms with Crippen molar-refractivity contribution in [2.45, 2.75) is 38.3 Å². The molecule has 9 heteroatoms. The van der Waals surface area contributed by atoms with E-state index < -0.39 is 0 Å². The highest BCUT2D eigenvalue weighted by Gasteiger charge is 2.24. The van der Waals surface area contributed by atoms with Crippen LogP contribution in [0.15, 0.2) is 41.9 Å². The highest BCUT2D eigenvalue weighted by Crippen LogP contribution is 2.15. The van der Waals surface area contributed by atoms with E-state index in [-0.39, 0.29) is 43.2 Å². The summed E-state index contributed by atoms with van der Waals surface area (Å²) in [6, 6.07) is 9.59. The molecule has 1 fully saturated rings. The second kappa shape index (κ2) is 11.4. The number of thiazole rings is 1. The molecule has 1 aromatic carbocycles. The lowest BCUT2D eigenvalue weighted by molar-refractivity contribution is -0.138. The maximum atomic E-state index is 12.7. The zero-order chi connectivity index (χ0) is 21.2. The van der Waals surface area contributed by atoms with Gasteiger partial charge in [0.15, 0.2) is 5.13 Å². The summed E-state index contributed by atoms with van der Waals surface area (Å²) in [5, 5.41) is 7.77. The normalized spacial score (nSPS) is 15.5. The van der Waals surface area contributed by atoms with E-state index in [1.807, 2.05) is 30.3 Å². The lowest BCUT2D eigenvalue weighted by Gasteiger charge is -2.25. The van der Waals surface area contributed by atoms with Crippen molar-refractivity contribution in [1.82, 2.24) is 15.2 Å². The van der Waals surface area contributed by atoms with E-state index in [9.17, 15) is 14.4 Å². The van der Waals surface area contributed by atoms with E-state index in [0.29, 0.717) is 24.8 Å². The molecule has 8 nitrogen and oxygen atoms in total. The molecule has 1 atom stereocenters. The molecule has 0 aliphatic carbocycles. The second-order valence-corrected chi connectivity index (χ2v) is 7.95. The standard InChI is InChI=1S/C21H26N4O4S/c26-18(24-21-22-10-12-30-21)8-9-20(28)25(14-17-7-4-11-29-17)15-19(27)23-13-16-5-2-1-3-6-16/h1-3,5-6,10,12,17H,4,7-9,11,13-15H2,(H,23,27)(H,22,24,26)/t17-/m0/s1. The average Bonchev–Trinajstić information content (AvgIpc) is 3.45. The minimum Gasteiger partial charge on any atom is -0.376 e. The molecule has 1 aliphatic heterocycles. The summed E-state index contributed by atoms with van der Waals surface area (Å²) in [5.74, 6) is -0.754. The van der Waals surface area contributed by atoms with Crippen molar-refractivity contribution in [2.24, 2.45) is 0 Å². The number of nitrogens with one attached hydrogen (secondary N) is 2. The van der Waals surface area contributed by atoms with Crippen molar-refractivity contribution < 1.29 is 19.1 Å². The molecule has 0 saturated carbocycles. The van der Waals surface area contributed by atoms with Crippen molar-refractivity contribution in [1.29, 1.82) is 0 Å². The Kier molecular flexibility index (Phi) is 8.34. The van der Waals surface area contributed by atoms with E-state index in [1.165, 1.54) is 16.2 Å². The summed E-state index contributed by atoms with van der Waals surface area (Å²) >= 11 is 1.32. The van der Waals surface area contributed by atoms with Crippen LogP contribution in [0.5, 0.6) is 0 Å². The van der Waals surface area contributed by atoms with Crippen LogP contribution in [0.2, 0.25) is 0 Å². The second-order valence-electron chi connectivity index (χ2n) is 7.06. The SMILES string of the molecule is O=C(CN(C[C@@H]1CCCO1)C(=O)CCC(=O)Nc1nccs1)NCc1ccccc1. The molecule has 1 aliphatic rings. The Morgan fingerprint density at radius 3 is 2.70 bits per heavy atom. The van der Waals surface area contributed by atoms with Crippen molar-refractivity contribution in [3.8, 4) is 0 Å². The maximum absolute atomic E-state index is 12.7. The molecule has 2 heterocycles. The van der Waals surface area contributed by atoms with E-state index in [0.717, 1.165) is 18.4 Å². The van der Waals surface area contributed by atoms with E-state index in [2.05, 4.69) is 15.6 Å². The van der Waals surface area contributed by atoms with Crippen molar-refractivity contribution in [3.63, 3.8) is 0 Å². The Balaban J connectivity index is 1.50. The topological polar surface area (TPSA) is 101 Å². The summed E-state index contributed by atoms with van der Waals surface area (Å²) in [6.07, 6.45) is 3.40. The summed E-state index contributed by atoms with van der Waals surface area (Å²) < 4.78 is 5.63. The minimum atomic E-state index is -0.274. The molecule has 3 amide bonds. The molecule has 0 unspecified atom stereocenters. The number of benzene rings is 1. The molecule has 160 valence electrons. The number of carbonyl (C=O) groups is 3. The Morgan fingerprint density at radius 2 is 2.00 bits per heavy atom. The molecule has 0 bridgehead atoms. The molecular formula is C21H26N4O4S. The van der Waals surface area contributed by atoms with Crippen LogP contribution in [0, 0.1) is 0 Å². The molecular weight excluding hydrogens is 404 g/mol. The maximum Gasteiger partial charge on any atom is 0.239 e. The molecule has 3 rings (SSSR count). The van der Waals surface area contributed by atoms with Gasteiger partial charge in [0.2, 0.25) is 17.7 Å². The van der Waals surface area contributed by atoms with Gasteiger partial charge < -0.3 is 20.3 Å². The van der Waals surface area contributed by atoms with Crippen LogP contribution in [0.3, 0.4) is 0 Å². The van der Waals surface area contributed by atoms with E-state index in [1.54, 1.807) is 11.6 Å². The number of ether oxygens (including phenoxy) is 1. The van der Waals surface area contributed by atoms with Crippen LogP contribution in [0.4, 0.5) is 5.13 Å². The van der Waals surface area contributed by atoms with Crippen LogP contribution < -0.4 is 10.6 Å². The molecule has 0 spiro atoms. The number of nitrogens with zero attached hydrogens (tertiary/aromatic N) is 2. The fraction of sp³-hybridized carbons (Fsp3) is 0.429. The first kappa shape index (κ1) is 21.9. The van der Waals surface area contributed by atoms with Gasteiger partial charge in [-0.1, -0.05) is 30.3 Å². The first-order valence-electron chi connectivity index (χ1n) is 9.99. The third-order valence-electron chi connectivity index (χ3n) is 4.71. The summed E-state index contributed by atoms with van der Waals surface area (Å²) in [4.78, 5) is 42.7.